The van der Waals surface area contributed by atoms with Crippen molar-refractivity contribution in [2.75, 3.05) is 0 Å². The Kier molecular flexibility index (Phi) is 3.87. The maximum atomic E-state index is 10.0. The Morgan fingerprint density at radius 3 is 2.36 bits per heavy atom. The summed E-state index contributed by atoms with van der Waals surface area (Å²) in [5, 5.41) is 10.0. The number of rotatable bonds is 1. The number of nitro groups is 1. The molecule has 0 aliphatic carbocycles. The van der Waals surface area contributed by atoms with Crippen LogP contribution < -0.4 is 0 Å². The predicted molar refractivity (Wildman–Crippen MR) is 41.3 cm³/mol. The van der Waals surface area contributed by atoms with E-state index in [-0.39, 0.29) is 5.82 Å². The molecule has 0 atom stereocenters. The van der Waals surface area contributed by atoms with E-state index in [0.29, 0.717) is 5.69 Å². The van der Waals surface area contributed by atoms with Crippen LogP contribution in [0, 0.1) is 17.0 Å². The summed E-state index contributed by atoms with van der Waals surface area (Å²) >= 11 is 0. The first-order chi connectivity index (χ1) is 5.22. The number of hydrogen-bond donors (Lipinski definition) is 1. The fourth-order valence-electron chi connectivity index (χ4n) is 0.541. The van der Waals surface area contributed by atoms with Gasteiger partial charge in [-0.1, -0.05) is 13.8 Å². The summed E-state index contributed by atoms with van der Waals surface area (Å²) in [6.07, 6.45) is 1.30. The third kappa shape index (κ3) is 2.37. The van der Waals surface area contributed by atoms with E-state index in [0.717, 1.165) is 0 Å². The lowest BCUT2D eigenvalue weighted by molar-refractivity contribution is -0.389. The number of imidazole rings is 1. The lowest BCUT2D eigenvalue weighted by Gasteiger charge is -1.87. The number of aryl methyl sites for hydroxylation is 1. The highest BCUT2D eigenvalue weighted by Gasteiger charge is 2.08. The van der Waals surface area contributed by atoms with E-state index >= 15 is 0 Å². The third-order valence-corrected chi connectivity index (χ3v) is 0.985. The van der Waals surface area contributed by atoms with Gasteiger partial charge in [0.05, 0.1) is 0 Å². The van der Waals surface area contributed by atoms with Gasteiger partial charge < -0.3 is 10.1 Å². The van der Waals surface area contributed by atoms with Crippen LogP contribution >= 0.6 is 0 Å². The van der Waals surface area contributed by atoms with Crippen LogP contribution in [-0.4, -0.2) is 14.9 Å². The summed E-state index contributed by atoms with van der Waals surface area (Å²) in [6, 6.07) is 0. The van der Waals surface area contributed by atoms with Crippen molar-refractivity contribution in [2.45, 2.75) is 20.8 Å². The summed E-state index contributed by atoms with van der Waals surface area (Å²) in [6.45, 7) is 5.58. The number of H-pyrrole nitrogens is 1. The normalized spacial score (nSPS) is 8.27. The quantitative estimate of drug-likeness (QED) is 0.497. The molecule has 11 heavy (non-hydrogen) atoms. The fraction of sp³-hybridized carbons (Fsp3) is 0.500. The first-order valence-corrected chi connectivity index (χ1v) is 3.36. The van der Waals surface area contributed by atoms with Gasteiger partial charge in [0.15, 0.2) is 6.33 Å². The molecule has 0 saturated heterocycles. The molecule has 0 unspecified atom stereocenters. The highest BCUT2D eigenvalue weighted by Crippen LogP contribution is 2.08. The van der Waals surface area contributed by atoms with Crippen LogP contribution in [0.2, 0.25) is 0 Å². The number of nitrogens with one attached hydrogen (secondary N) is 1. The van der Waals surface area contributed by atoms with Gasteiger partial charge in [-0.05, 0) is 11.8 Å². The standard InChI is InChI=1S/C4H5N3O2.C2H6/c1-3-4(7(8)9)6-2-5-3;1-2/h2H,1H3,(H,5,6);1-2H3. The van der Waals surface area contributed by atoms with Crippen molar-refractivity contribution in [2.24, 2.45) is 0 Å². The molecule has 1 N–H and O–H groups in total. The summed E-state index contributed by atoms with van der Waals surface area (Å²) in [7, 11) is 0. The Labute approximate surface area is 64.6 Å². The molecule has 5 nitrogen and oxygen atoms in total. The minimum atomic E-state index is -0.498. The number of aromatic nitrogens is 2. The summed E-state index contributed by atoms with van der Waals surface area (Å²) in [5.74, 6) is -0.0324. The second-order valence-corrected chi connectivity index (χ2v) is 1.59. The van der Waals surface area contributed by atoms with Gasteiger partial charge in [0.2, 0.25) is 0 Å². The van der Waals surface area contributed by atoms with Gasteiger partial charge in [-0.3, -0.25) is 0 Å². The number of hydrogen-bond acceptors (Lipinski definition) is 3. The molecule has 0 amide bonds. The Balaban J connectivity index is 0.000000461. The molecule has 1 aromatic heterocycles. The monoisotopic (exact) mass is 157 g/mol. The Morgan fingerprint density at radius 2 is 2.18 bits per heavy atom. The SMILES string of the molecule is CC.Cc1nc[nH]c1[N+](=O)[O-]. The molecule has 0 bridgehead atoms. The van der Waals surface area contributed by atoms with Gasteiger partial charge in [0.1, 0.15) is 5.69 Å². The molecule has 0 spiro atoms. The maximum absolute atomic E-state index is 10.0. The van der Waals surface area contributed by atoms with Crippen molar-refractivity contribution < 1.29 is 4.92 Å². The molecule has 0 saturated carbocycles. The Bertz CT molecular complexity index is 231. The molecule has 5 heteroatoms. The highest BCUT2D eigenvalue weighted by atomic mass is 16.6. The summed E-state index contributed by atoms with van der Waals surface area (Å²) in [4.78, 5) is 15.6. The second-order valence-electron chi connectivity index (χ2n) is 1.59. The van der Waals surface area contributed by atoms with Crippen LogP contribution in [0.15, 0.2) is 6.33 Å². The van der Waals surface area contributed by atoms with Crippen LogP contribution in [-0.2, 0) is 0 Å². The van der Waals surface area contributed by atoms with Crippen molar-refractivity contribution in [3.05, 3.63) is 22.1 Å². The van der Waals surface area contributed by atoms with Crippen LogP contribution in [0.1, 0.15) is 19.5 Å². The smallest absolute Gasteiger partial charge is 0.343 e. The average molecular weight is 157 g/mol. The van der Waals surface area contributed by atoms with Crippen molar-refractivity contribution in [3.8, 4) is 0 Å². The van der Waals surface area contributed by atoms with Gasteiger partial charge in [-0.25, -0.2) is 9.97 Å². The van der Waals surface area contributed by atoms with Crippen molar-refractivity contribution >= 4 is 5.82 Å². The van der Waals surface area contributed by atoms with E-state index < -0.39 is 4.92 Å². The van der Waals surface area contributed by atoms with Crippen molar-refractivity contribution in [1.82, 2.24) is 9.97 Å². The van der Waals surface area contributed by atoms with Crippen LogP contribution in [0.3, 0.4) is 0 Å². The maximum Gasteiger partial charge on any atom is 0.343 e. The van der Waals surface area contributed by atoms with Crippen LogP contribution in [0.5, 0.6) is 0 Å². The third-order valence-electron chi connectivity index (χ3n) is 0.985. The summed E-state index contributed by atoms with van der Waals surface area (Å²) < 4.78 is 0. The minimum Gasteiger partial charge on any atom is -0.358 e. The highest BCUT2D eigenvalue weighted by molar-refractivity contribution is 5.23. The molecule has 0 fully saturated rings. The molecule has 1 aromatic rings. The zero-order valence-electron chi connectivity index (χ0n) is 6.79. The molecule has 0 aliphatic rings. The molecular formula is C6H11N3O2. The average Bonchev–Trinajstić information content (AvgIpc) is 2.39. The first-order valence-electron chi connectivity index (χ1n) is 3.36. The van der Waals surface area contributed by atoms with Crippen molar-refractivity contribution in [1.29, 1.82) is 0 Å². The zero-order chi connectivity index (χ0) is 8.85. The van der Waals surface area contributed by atoms with Gasteiger partial charge >= 0.3 is 5.82 Å². The fourth-order valence-corrected chi connectivity index (χ4v) is 0.541. The van der Waals surface area contributed by atoms with E-state index in [9.17, 15) is 10.1 Å². The molecule has 62 valence electrons. The zero-order valence-corrected chi connectivity index (χ0v) is 6.79. The largest absolute Gasteiger partial charge is 0.358 e. The van der Waals surface area contributed by atoms with Crippen LogP contribution in [0.25, 0.3) is 0 Å². The minimum absolute atomic E-state index is 0.0324. The molecule has 1 heterocycles. The van der Waals surface area contributed by atoms with Crippen LogP contribution in [0.4, 0.5) is 5.82 Å². The van der Waals surface area contributed by atoms with Gasteiger partial charge in [0, 0.05) is 0 Å². The topological polar surface area (TPSA) is 71.8 Å². The second kappa shape index (κ2) is 4.43. The van der Waals surface area contributed by atoms with Gasteiger partial charge in [-0.2, -0.15) is 0 Å². The molecule has 0 radical (unpaired) electrons. The molecule has 1 rings (SSSR count). The van der Waals surface area contributed by atoms with Gasteiger partial charge in [0.25, 0.3) is 0 Å². The lowest BCUT2D eigenvalue weighted by Crippen LogP contribution is -1.89. The van der Waals surface area contributed by atoms with E-state index in [1.165, 1.54) is 6.33 Å². The Hall–Kier alpha value is -1.39. The van der Waals surface area contributed by atoms with E-state index in [1.807, 2.05) is 13.8 Å². The number of nitrogens with zero attached hydrogens (tertiary/aromatic N) is 2. The molecule has 0 aliphatic heterocycles. The molecular weight excluding hydrogens is 146 g/mol. The summed E-state index contributed by atoms with van der Waals surface area (Å²) in [5.41, 5.74) is 0.417. The molecule has 0 aromatic carbocycles. The predicted octanol–water partition coefficient (Wildman–Crippen LogP) is 1.65. The van der Waals surface area contributed by atoms with E-state index in [1.54, 1.807) is 6.92 Å². The number of aromatic amines is 1. The first kappa shape index (κ1) is 9.61. The Morgan fingerprint density at radius 1 is 1.64 bits per heavy atom. The van der Waals surface area contributed by atoms with E-state index in [4.69, 9.17) is 0 Å². The lowest BCUT2D eigenvalue weighted by atomic mass is 10.5. The van der Waals surface area contributed by atoms with Crippen molar-refractivity contribution in [3.63, 3.8) is 0 Å². The van der Waals surface area contributed by atoms with Gasteiger partial charge in [-0.15, -0.1) is 0 Å². The van der Waals surface area contributed by atoms with E-state index in [2.05, 4.69) is 9.97 Å².